The Morgan fingerprint density at radius 2 is 1.86 bits per heavy atom. The van der Waals surface area contributed by atoms with Crippen molar-refractivity contribution in [2.45, 2.75) is 4.90 Å². The van der Waals surface area contributed by atoms with Gasteiger partial charge in [0.2, 0.25) is 10.0 Å². The van der Waals surface area contributed by atoms with Gasteiger partial charge in [0.05, 0.1) is 11.6 Å². The summed E-state index contributed by atoms with van der Waals surface area (Å²) in [6.07, 6.45) is 0. The van der Waals surface area contributed by atoms with Gasteiger partial charge in [-0.1, -0.05) is 0 Å². The highest BCUT2D eigenvalue weighted by Gasteiger charge is 2.57. The minimum atomic E-state index is -3.54. The van der Waals surface area contributed by atoms with Crippen molar-refractivity contribution in [2.75, 3.05) is 26.8 Å². The Morgan fingerprint density at radius 3 is 2.33 bits per heavy atom. The molecule has 2 aliphatic rings. The van der Waals surface area contributed by atoms with E-state index in [4.69, 9.17) is 0 Å². The van der Waals surface area contributed by atoms with Gasteiger partial charge in [0.1, 0.15) is 0 Å². The molecule has 1 aliphatic heterocycles. The fourth-order valence-corrected chi connectivity index (χ4v) is 4.62. The first kappa shape index (κ1) is 14.5. The molecule has 1 N–H and O–H groups in total. The van der Waals surface area contributed by atoms with Crippen LogP contribution in [0.5, 0.6) is 0 Å². The number of rotatable bonds is 4. The first-order valence-corrected chi connectivity index (χ1v) is 8.31. The minimum Gasteiger partial charge on any atom is -0.355 e. The smallest absolute Gasteiger partial charge is 0.251 e. The van der Waals surface area contributed by atoms with E-state index in [1.807, 2.05) is 0 Å². The standard InChI is InChI=1S/C14H17FN2O3S/c1-16-14(18)9-2-4-10(5-3-9)21(19,20)17-7-12-11(6-15)13(12)8-17/h2-5,11-13H,6-8H2,1H3,(H,16,18)/t11?,12-,13+. The molecule has 7 heteroatoms. The predicted molar refractivity (Wildman–Crippen MR) is 75.0 cm³/mol. The zero-order valence-corrected chi connectivity index (χ0v) is 12.4. The van der Waals surface area contributed by atoms with Gasteiger partial charge in [0.25, 0.3) is 5.91 Å². The average molecular weight is 312 g/mol. The molecule has 1 aromatic carbocycles. The average Bonchev–Trinajstić information content (AvgIpc) is 2.97. The second kappa shape index (κ2) is 5.06. The van der Waals surface area contributed by atoms with E-state index in [1.54, 1.807) is 0 Å². The third-order valence-corrected chi connectivity index (χ3v) is 6.34. The van der Waals surface area contributed by atoms with Crippen LogP contribution in [0.4, 0.5) is 4.39 Å². The van der Waals surface area contributed by atoms with Crippen LogP contribution in [0.25, 0.3) is 0 Å². The summed E-state index contributed by atoms with van der Waals surface area (Å²) < 4.78 is 39.0. The van der Waals surface area contributed by atoms with Crippen molar-refractivity contribution < 1.29 is 17.6 Å². The molecular weight excluding hydrogens is 295 g/mol. The summed E-state index contributed by atoms with van der Waals surface area (Å²) in [4.78, 5) is 11.6. The number of alkyl halides is 1. The number of carbonyl (C=O) groups is 1. The Kier molecular flexibility index (Phi) is 3.49. The molecule has 3 rings (SSSR count). The zero-order valence-electron chi connectivity index (χ0n) is 11.6. The molecule has 5 nitrogen and oxygen atoms in total. The number of carbonyl (C=O) groups excluding carboxylic acids is 1. The number of nitrogens with zero attached hydrogens (tertiary/aromatic N) is 1. The van der Waals surface area contributed by atoms with Gasteiger partial charge in [-0.05, 0) is 42.0 Å². The summed E-state index contributed by atoms with van der Waals surface area (Å²) >= 11 is 0. The van der Waals surface area contributed by atoms with E-state index < -0.39 is 10.0 Å². The number of hydrogen-bond acceptors (Lipinski definition) is 3. The molecule has 1 aliphatic carbocycles. The summed E-state index contributed by atoms with van der Waals surface area (Å²) in [6, 6.07) is 5.87. The van der Waals surface area contributed by atoms with Crippen molar-refractivity contribution >= 4 is 15.9 Å². The molecule has 1 amide bonds. The molecule has 2 fully saturated rings. The zero-order chi connectivity index (χ0) is 15.2. The van der Waals surface area contributed by atoms with Crippen LogP contribution < -0.4 is 5.32 Å². The molecule has 1 unspecified atom stereocenters. The van der Waals surface area contributed by atoms with Crippen LogP contribution in [-0.2, 0) is 10.0 Å². The number of halogens is 1. The molecule has 0 aromatic heterocycles. The maximum absolute atomic E-state index is 12.6. The Hall–Kier alpha value is -1.47. The summed E-state index contributed by atoms with van der Waals surface area (Å²) in [5.74, 6) is 0.143. The molecule has 21 heavy (non-hydrogen) atoms. The summed E-state index contributed by atoms with van der Waals surface area (Å²) in [5, 5.41) is 2.48. The molecular formula is C14H17FN2O3S. The molecule has 3 atom stereocenters. The second-order valence-corrected chi connectivity index (χ2v) is 7.51. The van der Waals surface area contributed by atoms with Gasteiger partial charge in [-0.15, -0.1) is 0 Å². The number of sulfonamides is 1. The first-order chi connectivity index (χ1) is 9.98. The third kappa shape index (κ3) is 2.34. The van der Waals surface area contributed by atoms with Crippen molar-refractivity contribution in [2.24, 2.45) is 17.8 Å². The first-order valence-electron chi connectivity index (χ1n) is 6.87. The number of piperidine rings is 1. The molecule has 1 heterocycles. The molecule has 1 saturated carbocycles. The van der Waals surface area contributed by atoms with Crippen molar-refractivity contribution in [1.29, 1.82) is 0 Å². The quantitative estimate of drug-likeness (QED) is 0.897. The predicted octanol–water partition coefficient (Wildman–Crippen LogP) is 0.882. The Bertz CT molecular complexity index is 647. The number of fused-ring (bicyclic) bond motifs is 1. The number of nitrogens with one attached hydrogen (secondary N) is 1. The normalized spacial score (nSPS) is 28.2. The minimum absolute atomic E-state index is 0.0482. The number of amides is 1. The van der Waals surface area contributed by atoms with Crippen molar-refractivity contribution in [1.82, 2.24) is 9.62 Å². The van der Waals surface area contributed by atoms with E-state index in [9.17, 15) is 17.6 Å². The fraction of sp³-hybridized carbons (Fsp3) is 0.500. The van der Waals surface area contributed by atoms with Gasteiger partial charge in [0, 0.05) is 25.7 Å². The summed E-state index contributed by atoms with van der Waals surface area (Å²) in [5.41, 5.74) is 0.415. The molecule has 0 radical (unpaired) electrons. The summed E-state index contributed by atoms with van der Waals surface area (Å²) in [6.45, 7) is 0.446. The van der Waals surface area contributed by atoms with Crippen molar-refractivity contribution in [3.8, 4) is 0 Å². The molecule has 114 valence electrons. The van der Waals surface area contributed by atoms with Crippen LogP contribution in [0.15, 0.2) is 29.2 Å². The largest absolute Gasteiger partial charge is 0.355 e. The highest BCUT2D eigenvalue weighted by Crippen LogP contribution is 2.52. The lowest BCUT2D eigenvalue weighted by Gasteiger charge is -2.19. The molecule has 1 aromatic rings. The van der Waals surface area contributed by atoms with Gasteiger partial charge in [-0.3, -0.25) is 9.18 Å². The van der Waals surface area contributed by atoms with Crippen LogP contribution in [0.1, 0.15) is 10.4 Å². The van der Waals surface area contributed by atoms with Crippen LogP contribution in [-0.4, -0.2) is 45.4 Å². The van der Waals surface area contributed by atoms with Crippen LogP contribution >= 0.6 is 0 Å². The lowest BCUT2D eigenvalue weighted by Crippen LogP contribution is -2.32. The van der Waals surface area contributed by atoms with E-state index in [0.717, 1.165) is 0 Å². The van der Waals surface area contributed by atoms with Crippen molar-refractivity contribution in [3.63, 3.8) is 0 Å². The van der Waals surface area contributed by atoms with Gasteiger partial charge in [0.15, 0.2) is 0 Å². The highest BCUT2D eigenvalue weighted by atomic mass is 32.2. The maximum atomic E-state index is 12.6. The number of hydrogen-bond donors (Lipinski definition) is 1. The monoisotopic (exact) mass is 312 g/mol. The second-order valence-electron chi connectivity index (χ2n) is 5.57. The lowest BCUT2D eigenvalue weighted by atomic mass is 10.2. The van der Waals surface area contributed by atoms with E-state index in [1.165, 1.54) is 35.6 Å². The van der Waals surface area contributed by atoms with Gasteiger partial charge in [-0.2, -0.15) is 4.31 Å². The Labute approximate surface area is 123 Å². The van der Waals surface area contributed by atoms with Crippen LogP contribution in [0.2, 0.25) is 0 Å². The Balaban J connectivity index is 1.76. The number of benzene rings is 1. The van der Waals surface area contributed by atoms with Crippen molar-refractivity contribution in [3.05, 3.63) is 29.8 Å². The lowest BCUT2D eigenvalue weighted by molar-refractivity contribution is 0.0963. The van der Waals surface area contributed by atoms with E-state index in [-0.39, 0.29) is 35.2 Å². The van der Waals surface area contributed by atoms with Gasteiger partial charge in [-0.25, -0.2) is 8.42 Å². The highest BCUT2D eigenvalue weighted by molar-refractivity contribution is 7.89. The van der Waals surface area contributed by atoms with Crippen LogP contribution in [0, 0.1) is 17.8 Å². The summed E-state index contributed by atoms with van der Waals surface area (Å²) in [7, 11) is -2.02. The maximum Gasteiger partial charge on any atom is 0.251 e. The van der Waals surface area contributed by atoms with E-state index in [0.29, 0.717) is 18.7 Å². The molecule has 1 saturated heterocycles. The molecule has 0 spiro atoms. The fourth-order valence-electron chi connectivity index (χ4n) is 3.11. The van der Waals surface area contributed by atoms with E-state index in [2.05, 4.69) is 5.32 Å². The topological polar surface area (TPSA) is 66.5 Å². The van der Waals surface area contributed by atoms with E-state index >= 15 is 0 Å². The Morgan fingerprint density at radius 1 is 1.29 bits per heavy atom. The van der Waals surface area contributed by atoms with Gasteiger partial charge >= 0.3 is 0 Å². The van der Waals surface area contributed by atoms with Crippen LogP contribution in [0.3, 0.4) is 0 Å². The SMILES string of the molecule is CNC(=O)c1ccc(S(=O)(=O)N2C[C@@H]3C(CF)[C@@H]3C2)cc1. The molecule has 0 bridgehead atoms. The van der Waals surface area contributed by atoms with Gasteiger partial charge < -0.3 is 5.32 Å². The third-order valence-electron chi connectivity index (χ3n) is 4.50.